The molecule has 1 saturated heterocycles. The topological polar surface area (TPSA) is 46.3 Å². The lowest BCUT2D eigenvalue weighted by Gasteiger charge is -2.32. The number of amides is 1. The number of benzene rings is 1. The third-order valence-corrected chi connectivity index (χ3v) is 4.87. The normalized spacial score (nSPS) is 20.1. The van der Waals surface area contributed by atoms with Crippen LogP contribution in [-0.4, -0.2) is 35.2 Å². The molecule has 1 fully saturated rings. The number of carbonyl (C=O) groups excluding carboxylic acids is 1. The number of nitrogens with two attached hydrogens (primary N) is 1. The van der Waals surface area contributed by atoms with E-state index in [0.29, 0.717) is 6.54 Å². The van der Waals surface area contributed by atoms with E-state index in [0.717, 1.165) is 28.8 Å². The molecule has 0 aliphatic carbocycles. The van der Waals surface area contributed by atoms with Gasteiger partial charge in [-0.1, -0.05) is 15.9 Å². The maximum atomic E-state index is 12.4. The number of piperidine rings is 1. The SMILES string of the molecule is CC(Sc1ccc(Br)cc1)C(=O)N1CCCC(N)C1.Cl. The van der Waals surface area contributed by atoms with Crippen molar-refractivity contribution < 1.29 is 4.79 Å². The third-order valence-electron chi connectivity index (χ3n) is 3.24. The molecule has 0 radical (unpaired) electrons. The molecule has 6 heteroatoms. The van der Waals surface area contributed by atoms with Crippen molar-refractivity contribution in [1.29, 1.82) is 0 Å². The summed E-state index contributed by atoms with van der Waals surface area (Å²) in [5.41, 5.74) is 5.93. The van der Waals surface area contributed by atoms with Crippen LogP contribution in [0.25, 0.3) is 0 Å². The van der Waals surface area contributed by atoms with E-state index in [4.69, 9.17) is 5.73 Å². The van der Waals surface area contributed by atoms with Gasteiger partial charge in [0.1, 0.15) is 0 Å². The number of hydrogen-bond acceptors (Lipinski definition) is 3. The van der Waals surface area contributed by atoms with Gasteiger partial charge < -0.3 is 10.6 Å². The van der Waals surface area contributed by atoms with Crippen molar-refractivity contribution in [2.45, 2.75) is 36.0 Å². The molecule has 1 aliphatic heterocycles. The van der Waals surface area contributed by atoms with E-state index in [1.807, 2.05) is 36.1 Å². The Bertz CT molecular complexity index is 443. The predicted molar refractivity (Wildman–Crippen MR) is 90.5 cm³/mol. The number of thioether (sulfide) groups is 1. The van der Waals surface area contributed by atoms with Gasteiger partial charge in [-0.05, 0) is 44.0 Å². The van der Waals surface area contributed by atoms with Crippen LogP contribution in [-0.2, 0) is 4.79 Å². The van der Waals surface area contributed by atoms with Crippen molar-refractivity contribution in [1.82, 2.24) is 4.90 Å². The van der Waals surface area contributed by atoms with Crippen LogP contribution in [0.5, 0.6) is 0 Å². The molecule has 0 aromatic heterocycles. The maximum Gasteiger partial charge on any atom is 0.235 e. The van der Waals surface area contributed by atoms with Gasteiger partial charge in [-0.3, -0.25) is 4.79 Å². The first-order valence-corrected chi connectivity index (χ1v) is 8.20. The fraction of sp³-hybridized carbons (Fsp3) is 0.500. The summed E-state index contributed by atoms with van der Waals surface area (Å²) in [5.74, 6) is 0.197. The Hall–Kier alpha value is -0.230. The number of halogens is 2. The van der Waals surface area contributed by atoms with Crippen molar-refractivity contribution in [3.05, 3.63) is 28.7 Å². The summed E-state index contributed by atoms with van der Waals surface area (Å²) in [5, 5.41) is -0.0634. The van der Waals surface area contributed by atoms with Crippen LogP contribution in [0.1, 0.15) is 19.8 Å². The van der Waals surface area contributed by atoms with Crippen molar-refractivity contribution >= 4 is 46.0 Å². The second kappa shape index (κ2) is 8.27. The zero-order valence-electron chi connectivity index (χ0n) is 11.4. The third kappa shape index (κ3) is 4.95. The van der Waals surface area contributed by atoms with E-state index in [2.05, 4.69) is 15.9 Å². The molecular weight excluding hydrogens is 360 g/mol. The molecule has 2 atom stereocenters. The molecule has 1 amide bonds. The molecule has 0 bridgehead atoms. The minimum absolute atomic E-state index is 0. The molecule has 0 saturated carbocycles. The molecule has 20 heavy (non-hydrogen) atoms. The summed E-state index contributed by atoms with van der Waals surface area (Å²) in [7, 11) is 0. The van der Waals surface area contributed by atoms with E-state index in [1.54, 1.807) is 11.8 Å². The van der Waals surface area contributed by atoms with Gasteiger partial charge in [0.05, 0.1) is 5.25 Å². The largest absolute Gasteiger partial charge is 0.340 e. The summed E-state index contributed by atoms with van der Waals surface area (Å²) in [6.45, 7) is 3.51. The molecule has 0 spiro atoms. The van der Waals surface area contributed by atoms with Gasteiger partial charge in [0, 0.05) is 28.5 Å². The quantitative estimate of drug-likeness (QED) is 0.820. The highest BCUT2D eigenvalue weighted by molar-refractivity contribution is 9.10. The van der Waals surface area contributed by atoms with Gasteiger partial charge in [-0.25, -0.2) is 0 Å². The minimum atomic E-state index is -0.0634. The van der Waals surface area contributed by atoms with E-state index < -0.39 is 0 Å². The molecule has 2 N–H and O–H groups in total. The Balaban J connectivity index is 0.00000200. The molecular formula is C14H20BrClN2OS. The summed E-state index contributed by atoms with van der Waals surface area (Å²) in [6.07, 6.45) is 2.04. The van der Waals surface area contributed by atoms with Crippen LogP contribution in [0.4, 0.5) is 0 Å². The Morgan fingerprint density at radius 1 is 1.45 bits per heavy atom. The fourth-order valence-corrected chi connectivity index (χ4v) is 3.45. The minimum Gasteiger partial charge on any atom is -0.340 e. The molecule has 1 heterocycles. The number of likely N-dealkylation sites (tertiary alicyclic amines) is 1. The average Bonchev–Trinajstić information content (AvgIpc) is 2.40. The lowest BCUT2D eigenvalue weighted by atomic mass is 10.1. The average molecular weight is 380 g/mol. The second-order valence-corrected chi connectivity index (χ2v) is 7.23. The highest BCUT2D eigenvalue weighted by Crippen LogP contribution is 2.26. The summed E-state index contributed by atoms with van der Waals surface area (Å²) >= 11 is 5.01. The number of nitrogens with zero attached hydrogens (tertiary/aromatic N) is 1. The van der Waals surface area contributed by atoms with Crippen molar-refractivity contribution in [3.8, 4) is 0 Å². The van der Waals surface area contributed by atoms with Crippen LogP contribution in [0.15, 0.2) is 33.6 Å². The molecule has 1 aliphatic rings. The standard InChI is InChI=1S/C14H19BrN2OS.ClH/c1-10(19-13-6-4-11(15)5-7-13)14(18)17-8-2-3-12(16)9-17;/h4-7,10,12H,2-3,8-9,16H2,1H3;1H. The molecule has 3 nitrogen and oxygen atoms in total. The Morgan fingerprint density at radius 2 is 2.10 bits per heavy atom. The predicted octanol–water partition coefficient (Wildman–Crippen LogP) is 3.30. The Kier molecular flexibility index (Phi) is 7.37. The van der Waals surface area contributed by atoms with Crippen LogP contribution >= 0.6 is 40.1 Å². The summed E-state index contributed by atoms with van der Waals surface area (Å²) in [6, 6.07) is 8.19. The van der Waals surface area contributed by atoms with E-state index >= 15 is 0 Å². The van der Waals surface area contributed by atoms with Crippen molar-refractivity contribution in [2.75, 3.05) is 13.1 Å². The van der Waals surface area contributed by atoms with Crippen LogP contribution < -0.4 is 5.73 Å². The number of rotatable bonds is 3. The lowest BCUT2D eigenvalue weighted by Crippen LogP contribution is -2.48. The molecule has 2 rings (SSSR count). The first-order chi connectivity index (χ1) is 9.06. The first kappa shape index (κ1) is 17.8. The smallest absolute Gasteiger partial charge is 0.235 e. The Morgan fingerprint density at radius 3 is 2.70 bits per heavy atom. The molecule has 112 valence electrons. The zero-order valence-corrected chi connectivity index (χ0v) is 14.6. The highest BCUT2D eigenvalue weighted by atomic mass is 79.9. The van der Waals surface area contributed by atoms with Gasteiger partial charge in [0.25, 0.3) is 0 Å². The van der Waals surface area contributed by atoms with Crippen LogP contribution in [0.3, 0.4) is 0 Å². The monoisotopic (exact) mass is 378 g/mol. The van der Waals surface area contributed by atoms with Gasteiger partial charge in [-0.15, -0.1) is 24.2 Å². The highest BCUT2D eigenvalue weighted by Gasteiger charge is 2.25. The van der Waals surface area contributed by atoms with Gasteiger partial charge in [-0.2, -0.15) is 0 Å². The summed E-state index contributed by atoms with van der Waals surface area (Å²) in [4.78, 5) is 15.4. The number of carbonyl (C=O) groups is 1. The maximum absolute atomic E-state index is 12.4. The van der Waals surface area contributed by atoms with Crippen LogP contribution in [0, 0.1) is 0 Å². The van der Waals surface area contributed by atoms with Crippen molar-refractivity contribution in [2.24, 2.45) is 5.73 Å². The molecule has 2 unspecified atom stereocenters. The van der Waals surface area contributed by atoms with E-state index in [9.17, 15) is 4.79 Å². The number of hydrogen-bond donors (Lipinski definition) is 1. The van der Waals surface area contributed by atoms with Crippen LogP contribution in [0.2, 0.25) is 0 Å². The van der Waals surface area contributed by atoms with E-state index in [1.165, 1.54) is 0 Å². The van der Waals surface area contributed by atoms with Gasteiger partial charge in [0.2, 0.25) is 5.91 Å². The summed E-state index contributed by atoms with van der Waals surface area (Å²) < 4.78 is 1.05. The molecule has 1 aromatic carbocycles. The fourth-order valence-electron chi connectivity index (χ4n) is 2.23. The van der Waals surface area contributed by atoms with Crippen molar-refractivity contribution in [3.63, 3.8) is 0 Å². The lowest BCUT2D eigenvalue weighted by molar-refractivity contribution is -0.131. The molecule has 1 aromatic rings. The first-order valence-electron chi connectivity index (χ1n) is 6.53. The van der Waals surface area contributed by atoms with Gasteiger partial charge in [0.15, 0.2) is 0 Å². The van der Waals surface area contributed by atoms with Gasteiger partial charge >= 0.3 is 0 Å². The second-order valence-electron chi connectivity index (χ2n) is 4.90. The zero-order chi connectivity index (χ0) is 13.8. The van der Waals surface area contributed by atoms with E-state index in [-0.39, 0.29) is 29.6 Å². The Labute approximate surface area is 139 Å².